The van der Waals surface area contributed by atoms with Crippen molar-refractivity contribution < 1.29 is 23.8 Å². The average Bonchev–Trinajstić information content (AvgIpc) is 3.09. The van der Waals surface area contributed by atoms with Crippen LogP contribution in [0.3, 0.4) is 0 Å². The van der Waals surface area contributed by atoms with E-state index in [-0.39, 0.29) is 18.3 Å². The van der Waals surface area contributed by atoms with Gasteiger partial charge in [0.1, 0.15) is 0 Å². The number of thiophene rings is 1. The third kappa shape index (κ3) is 5.46. The lowest BCUT2D eigenvalue weighted by molar-refractivity contribution is -0.137. The van der Waals surface area contributed by atoms with E-state index in [1.54, 1.807) is 47.6 Å². The summed E-state index contributed by atoms with van der Waals surface area (Å²) in [6.07, 6.45) is 3.31. The van der Waals surface area contributed by atoms with Crippen LogP contribution in [0.25, 0.3) is 6.08 Å². The second kappa shape index (κ2) is 9.71. The number of ether oxygens (including phenoxy) is 3. The molecule has 7 heteroatoms. The maximum absolute atomic E-state index is 12.4. The van der Waals surface area contributed by atoms with Gasteiger partial charge in [0, 0.05) is 28.4 Å². The molecule has 0 unspecified atom stereocenters. The zero-order valence-electron chi connectivity index (χ0n) is 16.9. The first-order valence-electron chi connectivity index (χ1n) is 9.43. The molecular weight excluding hydrogens is 390 g/mol. The van der Waals surface area contributed by atoms with Gasteiger partial charge in [-0.15, -0.1) is 11.3 Å². The Bertz CT molecular complexity index is 912. The highest BCUT2D eigenvalue weighted by atomic mass is 32.1. The highest BCUT2D eigenvalue weighted by molar-refractivity contribution is 7.12. The first-order valence-corrected chi connectivity index (χ1v) is 10.3. The van der Waals surface area contributed by atoms with E-state index >= 15 is 0 Å². The lowest BCUT2D eigenvalue weighted by atomic mass is 10.1. The normalized spacial score (nSPS) is 14.2. The molecule has 1 saturated heterocycles. The minimum absolute atomic E-state index is 0.0257. The van der Waals surface area contributed by atoms with Crippen LogP contribution in [0.1, 0.15) is 25.7 Å². The standard InChI is InChI=1S/C22H25NO5S/c1-15-12-18(16(2)29-15)19(24)6-4-17-5-7-20(21(13-17)26-3)28-14-22(25)23-8-10-27-11-9-23/h4-7,12-13H,8-11,14H2,1-3H3/b6-4+. The summed E-state index contributed by atoms with van der Waals surface area (Å²) in [5.74, 6) is 0.896. The zero-order valence-corrected chi connectivity index (χ0v) is 17.7. The van der Waals surface area contributed by atoms with Gasteiger partial charge in [-0.1, -0.05) is 12.1 Å². The molecule has 0 saturated carbocycles. The quantitative estimate of drug-likeness (QED) is 0.512. The predicted molar refractivity (Wildman–Crippen MR) is 113 cm³/mol. The van der Waals surface area contributed by atoms with Gasteiger partial charge in [-0.25, -0.2) is 0 Å². The SMILES string of the molecule is COc1cc(/C=C/C(=O)c2cc(C)sc2C)ccc1OCC(=O)N1CCOCC1. The number of hydrogen-bond donors (Lipinski definition) is 0. The van der Waals surface area contributed by atoms with Gasteiger partial charge >= 0.3 is 0 Å². The molecule has 0 aliphatic carbocycles. The van der Waals surface area contributed by atoms with Crippen molar-refractivity contribution in [3.63, 3.8) is 0 Å². The molecule has 29 heavy (non-hydrogen) atoms. The van der Waals surface area contributed by atoms with Crippen LogP contribution < -0.4 is 9.47 Å². The van der Waals surface area contributed by atoms with Crippen LogP contribution >= 0.6 is 11.3 Å². The fourth-order valence-electron chi connectivity index (χ4n) is 3.09. The Morgan fingerprint density at radius 2 is 1.93 bits per heavy atom. The van der Waals surface area contributed by atoms with Crippen molar-refractivity contribution >= 4 is 29.1 Å². The summed E-state index contributed by atoms with van der Waals surface area (Å²) >= 11 is 1.62. The minimum Gasteiger partial charge on any atom is -0.493 e. The monoisotopic (exact) mass is 415 g/mol. The third-order valence-electron chi connectivity index (χ3n) is 4.64. The van der Waals surface area contributed by atoms with Crippen LogP contribution in [0.5, 0.6) is 11.5 Å². The molecule has 1 amide bonds. The molecular formula is C22H25NO5S. The van der Waals surface area contributed by atoms with Crippen molar-refractivity contribution in [1.29, 1.82) is 0 Å². The average molecular weight is 416 g/mol. The largest absolute Gasteiger partial charge is 0.493 e. The van der Waals surface area contributed by atoms with E-state index in [4.69, 9.17) is 14.2 Å². The Balaban J connectivity index is 1.64. The molecule has 0 radical (unpaired) electrons. The predicted octanol–water partition coefficient (Wildman–Crippen LogP) is 3.51. The fraction of sp³-hybridized carbons (Fsp3) is 0.364. The van der Waals surface area contributed by atoms with E-state index in [1.165, 1.54) is 0 Å². The highest BCUT2D eigenvalue weighted by Crippen LogP contribution is 2.29. The molecule has 2 aromatic rings. The smallest absolute Gasteiger partial charge is 0.260 e. The Labute approximate surface area is 174 Å². The van der Waals surface area contributed by atoms with Crippen LogP contribution in [0, 0.1) is 13.8 Å². The number of hydrogen-bond acceptors (Lipinski definition) is 6. The summed E-state index contributed by atoms with van der Waals surface area (Å²) in [7, 11) is 1.54. The molecule has 0 N–H and O–H groups in total. The van der Waals surface area contributed by atoms with E-state index in [0.717, 1.165) is 20.9 Å². The number of amides is 1. The molecule has 1 aromatic heterocycles. The van der Waals surface area contributed by atoms with Gasteiger partial charge in [-0.3, -0.25) is 9.59 Å². The molecule has 2 heterocycles. The highest BCUT2D eigenvalue weighted by Gasteiger charge is 2.18. The summed E-state index contributed by atoms with van der Waals surface area (Å²) in [6.45, 7) is 6.16. The van der Waals surface area contributed by atoms with Crippen LogP contribution in [0.4, 0.5) is 0 Å². The van der Waals surface area contributed by atoms with E-state index in [0.29, 0.717) is 37.8 Å². The topological polar surface area (TPSA) is 65.1 Å². The number of nitrogens with zero attached hydrogens (tertiary/aromatic N) is 1. The summed E-state index contributed by atoms with van der Waals surface area (Å²) in [4.78, 5) is 28.5. The van der Waals surface area contributed by atoms with Crippen LogP contribution in [-0.4, -0.2) is 56.6 Å². The van der Waals surface area contributed by atoms with E-state index in [9.17, 15) is 9.59 Å². The molecule has 3 rings (SSSR count). The number of morpholine rings is 1. The number of methoxy groups -OCH3 is 1. The maximum Gasteiger partial charge on any atom is 0.260 e. The molecule has 1 aliphatic rings. The number of benzene rings is 1. The fourth-order valence-corrected chi connectivity index (χ4v) is 4.02. The van der Waals surface area contributed by atoms with Crippen molar-refractivity contribution in [2.24, 2.45) is 0 Å². The molecule has 6 nitrogen and oxygen atoms in total. The Morgan fingerprint density at radius 3 is 2.59 bits per heavy atom. The van der Waals surface area contributed by atoms with Gasteiger partial charge in [0.05, 0.1) is 20.3 Å². The van der Waals surface area contributed by atoms with Crippen molar-refractivity contribution in [2.75, 3.05) is 40.0 Å². The molecule has 0 spiro atoms. The van der Waals surface area contributed by atoms with E-state index in [1.807, 2.05) is 26.0 Å². The maximum atomic E-state index is 12.4. The van der Waals surface area contributed by atoms with Crippen molar-refractivity contribution in [3.05, 3.63) is 51.2 Å². The number of aryl methyl sites for hydroxylation is 2. The second-order valence-corrected chi connectivity index (χ2v) is 8.18. The zero-order chi connectivity index (χ0) is 20.8. The summed E-state index contributed by atoms with van der Waals surface area (Å²) < 4.78 is 16.3. The summed E-state index contributed by atoms with van der Waals surface area (Å²) in [5.41, 5.74) is 1.55. The van der Waals surface area contributed by atoms with Crippen molar-refractivity contribution in [1.82, 2.24) is 4.90 Å². The van der Waals surface area contributed by atoms with Crippen molar-refractivity contribution in [3.8, 4) is 11.5 Å². The Kier molecular flexibility index (Phi) is 7.06. The van der Waals surface area contributed by atoms with Gasteiger partial charge in [0.25, 0.3) is 5.91 Å². The van der Waals surface area contributed by atoms with Crippen LogP contribution in [0.15, 0.2) is 30.3 Å². The number of allylic oxidation sites excluding steroid dienone is 1. The van der Waals surface area contributed by atoms with Gasteiger partial charge in [0.15, 0.2) is 23.9 Å². The third-order valence-corrected chi connectivity index (χ3v) is 5.60. The van der Waals surface area contributed by atoms with E-state index < -0.39 is 0 Å². The molecule has 0 bridgehead atoms. The van der Waals surface area contributed by atoms with Gasteiger partial charge in [-0.05, 0) is 43.7 Å². The molecule has 0 atom stereocenters. The molecule has 1 fully saturated rings. The lowest BCUT2D eigenvalue weighted by Gasteiger charge is -2.26. The number of rotatable bonds is 7. The van der Waals surface area contributed by atoms with Gasteiger partial charge in [-0.2, -0.15) is 0 Å². The molecule has 1 aliphatic heterocycles. The first kappa shape index (κ1) is 21.1. The second-order valence-electron chi connectivity index (χ2n) is 6.72. The summed E-state index contributed by atoms with van der Waals surface area (Å²) in [5, 5.41) is 0. The number of ketones is 1. The Hall–Kier alpha value is -2.64. The van der Waals surface area contributed by atoms with Gasteiger partial charge in [0.2, 0.25) is 0 Å². The van der Waals surface area contributed by atoms with Crippen molar-refractivity contribution in [2.45, 2.75) is 13.8 Å². The first-order chi connectivity index (χ1) is 14.0. The number of carbonyl (C=O) groups is 2. The molecule has 154 valence electrons. The van der Waals surface area contributed by atoms with E-state index in [2.05, 4.69) is 0 Å². The van der Waals surface area contributed by atoms with Gasteiger partial charge < -0.3 is 19.1 Å². The summed E-state index contributed by atoms with van der Waals surface area (Å²) in [6, 6.07) is 7.27. The number of carbonyl (C=O) groups excluding carboxylic acids is 2. The van der Waals surface area contributed by atoms with Crippen LogP contribution in [-0.2, 0) is 9.53 Å². The van der Waals surface area contributed by atoms with Crippen LogP contribution in [0.2, 0.25) is 0 Å². The molecule has 1 aromatic carbocycles. The lowest BCUT2D eigenvalue weighted by Crippen LogP contribution is -2.43. The minimum atomic E-state index is -0.0775. The Morgan fingerprint density at radius 1 is 1.17 bits per heavy atom.